The lowest BCUT2D eigenvalue weighted by Crippen LogP contribution is -2.38. The van der Waals surface area contributed by atoms with Crippen molar-refractivity contribution in [1.29, 1.82) is 0 Å². The van der Waals surface area contributed by atoms with Gasteiger partial charge >= 0.3 is 0 Å². The minimum atomic E-state index is -0.370. The Kier molecular flexibility index (Phi) is 6.37. The lowest BCUT2D eigenvalue weighted by Gasteiger charge is -2.25. The van der Waals surface area contributed by atoms with Crippen LogP contribution < -0.4 is 10.6 Å². The number of likely N-dealkylation sites (tertiary alicyclic amines) is 1. The van der Waals surface area contributed by atoms with Gasteiger partial charge in [0.25, 0.3) is 5.91 Å². The van der Waals surface area contributed by atoms with E-state index in [1.165, 1.54) is 0 Å². The molecule has 2 unspecified atom stereocenters. The summed E-state index contributed by atoms with van der Waals surface area (Å²) in [6.07, 6.45) is 1.76. The summed E-state index contributed by atoms with van der Waals surface area (Å²) in [5.41, 5.74) is 1.38. The normalized spacial score (nSPS) is 17.2. The summed E-state index contributed by atoms with van der Waals surface area (Å²) in [5.74, 6) is -0.831. The smallest absolute Gasteiger partial charge is 0.269 e. The Morgan fingerprint density at radius 2 is 1.82 bits per heavy atom. The van der Waals surface area contributed by atoms with Crippen LogP contribution in [0.4, 0.5) is 0 Å². The minimum Gasteiger partial charge on any atom is -0.354 e. The van der Waals surface area contributed by atoms with Gasteiger partial charge in [-0.15, -0.1) is 0 Å². The molecule has 2 aromatic rings. The number of hydrogen-bond donors (Lipinski definition) is 2. The third kappa shape index (κ3) is 4.73. The molecule has 0 aliphatic carbocycles. The number of pyridine rings is 1. The van der Waals surface area contributed by atoms with Crippen molar-refractivity contribution in [3.8, 4) is 0 Å². The number of nitrogens with zero attached hydrogens (tertiary/aromatic N) is 2. The predicted octanol–water partition coefficient (Wildman–Crippen LogP) is 1.54. The number of rotatable bonds is 7. The van der Waals surface area contributed by atoms with E-state index in [0.29, 0.717) is 25.3 Å². The summed E-state index contributed by atoms with van der Waals surface area (Å²) in [6.45, 7) is 2.98. The van der Waals surface area contributed by atoms with Crippen LogP contribution in [0, 0.1) is 5.92 Å². The van der Waals surface area contributed by atoms with E-state index >= 15 is 0 Å². The maximum atomic E-state index is 12.4. The van der Waals surface area contributed by atoms with Gasteiger partial charge in [0.15, 0.2) is 0 Å². The van der Waals surface area contributed by atoms with Gasteiger partial charge in [0.1, 0.15) is 5.69 Å². The quantitative estimate of drug-likeness (QED) is 0.713. The third-order valence-electron chi connectivity index (χ3n) is 4.89. The Bertz CT molecular complexity index is 826. The molecule has 1 aromatic heterocycles. The monoisotopic (exact) mass is 380 g/mol. The van der Waals surface area contributed by atoms with E-state index in [2.05, 4.69) is 15.6 Å². The topological polar surface area (TPSA) is 91.4 Å². The van der Waals surface area contributed by atoms with Crippen molar-refractivity contribution in [2.24, 2.45) is 5.92 Å². The van der Waals surface area contributed by atoms with Gasteiger partial charge in [-0.1, -0.05) is 36.4 Å². The number of benzene rings is 1. The standard InChI is InChI=1S/C21H24N4O3/c1-15(16-7-3-2-4-8-16)25-14-17(13-19(25)26)20(27)23-11-12-24-21(28)18-9-5-6-10-22-18/h2-10,15,17H,11-14H2,1H3,(H,23,27)(H,24,28). The zero-order chi connectivity index (χ0) is 19.9. The summed E-state index contributed by atoms with van der Waals surface area (Å²) >= 11 is 0. The van der Waals surface area contributed by atoms with Crippen LogP contribution in [0.2, 0.25) is 0 Å². The molecular formula is C21H24N4O3. The highest BCUT2D eigenvalue weighted by Crippen LogP contribution is 2.28. The van der Waals surface area contributed by atoms with Crippen molar-refractivity contribution in [1.82, 2.24) is 20.5 Å². The van der Waals surface area contributed by atoms with Crippen LogP contribution in [-0.4, -0.2) is 47.2 Å². The third-order valence-corrected chi connectivity index (χ3v) is 4.89. The molecule has 0 radical (unpaired) electrons. The fourth-order valence-electron chi connectivity index (χ4n) is 3.29. The molecule has 0 bridgehead atoms. The van der Waals surface area contributed by atoms with E-state index in [4.69, 9.17) is 0 Å². The predicted molar refractivity (Wildman–Crippen MR) is 104 cm³/mol. The van der Waals surface area contributed by atoms with Gasteiger partial charge in [0.2, 0.25) is 11.8 Å². The summed E-state index contributed by atoms with van der Waals surface area (Å²) in [6, 6.07) is 14.8. The van der Waals surface area contributed by atoms with Crippen molar-refractivity contribution in [2.75, 3.05) is 19.6 Å². The summed E-state index contributed by atoms with van der Waals surface area (Å²) in [4.78, 5) is 42.4. The number of carbonyl (C=O) groups is 3. The van der Waals surface area contributed by atoms with Crippen LogP contribution in [-0.2, 0) is 9.59 Å². The Labute approximate surface area is 164 Å². The van der Waals surface area contributed by atoms with Crippen molar-refractivity contribution in [2.45, 2.75) is 19.4 Å². The van der Waals surface area contributed by atoms with Crippen LogP contribution in [0.5, 0.6) is 0 Å². The molecule has 2 atom stereocenters. The number of hydrogen-bond acceptors (Lipinski definition) is 4. The second kappa shape index (κ2) is 9.12. The second-order valence-electron chi connectivity index (χ2n) is 6.80. The highest BCUT2D eigenvalue weighted by molar-refractivity contribution is 5.92. The van der Waals surface area contributed by atoms with Crippen LogP contribution in [0.1, 0.15) is 35.4 Å². The Hall–Kier alpha value is -3.22. The number of aromatic nitrogens is 1. The molecule has 1 saturated heterocycles. The average molecular weight is 380 g/mol. The zero-order valence-electron chi connectivity index (χ0n) is 15.8. The summed E-state index contributed by atoms with van der Waals surface area (Å²) in [7, 11) is 0. The first-order valence-corrected chi connectivity index (χ1v) is 9.37. The van der Waals surface area contributed by atoms with Crippen molar-refractivity contribution in [3.05, 3.63) is 66.0 Å². The Morgan fingerprint density at radius 3 is 2.54 bits per heavy atom. The minimum absolute atomic E-state index is 0.0139. The lowest BCUT2D eigenvalue weighted by atomic mass is 10.1. The van der Waals surface area contributed by atoms with Crippen molar-refractivity contribution < 1.29 is 14.4 Å². The first kappa shape index (κ1) is 19.5. The molecule has 7 heteroatoms. The highest BCUT2D eigenvalue weighted by Gasteiger charge is 2.36. The molecular weight excluding hydrogens is 356 g/mol. The zero-order valence-corrected chi connectivity index (χ0v) is 15.8. The molecule has 2 N–H and O–H groups in total. The van der Waals surface area contributed by atoms with Gasteiger partial charge in [-0.3, -0.25) is 19.4 Å². The SMILES string of the molecule is CC(c1ccccc1)N1CC(C(=O)NCCNC(=O)c2ccccn2)CC1=O. The van der Waals surface area contributed by atoms with Crippen LogP contribution in [0.15, 0.2) is 54.7 Å². The molecule has 1 aliphatic rings. The Morgan fingerprint density at radius 1 is 1.11 bits per heavy atom. The van der Waals surface area contributed by atoms with Gasteiger partial charge in [0.05, 0.1) is 12.0 Å². The van der Waals surface area contributed by atoms with E-state index in [-0.39, 0.29) is 36.1 Å². The fourth-order valence-corrected chi connectivity index (χ4v) is 3.29. The Balaban J connectivity index is 1.44. The van der Waals surface area contributed by atoms with Crippen LogP contribution >= 0.6 is 0 Å². The van der Waals surface area contributed by atoms with Gasteiger partial charge in [-0.05, 0) is 24.6 Å². The molecule has 1 aromatic carbocycles. The van der Waals surface area contributed by atoms with Crippen LogP contribution in [0.25, 0.3) is 0 Å². The largest absolute Gasteiger partial charge is 0.354 e. The second-order valence-corrected chi connectivity index (χ2v) is 6.80. The first-order valence-electron chi connectivity index (χ1n) is 9.37. The molecule has 2 heterocycles. The molecule has 7 nitrogen and oxygen atoms in total. The van der Waals surface area contributed by atoms with Gasteiger partial charge < -0.3 is 15.5 Å². The summed E-state index contributed by atoms with van der Waals surface area (Å²) in [5, 5.41) is 5.51. The maximum absolute atomic E-state index is 12.4. The van der Waals surface area contributed by atoms with Crippen molar-refractivity contribution in [3.63, 3.8) is 0 Å². The maximum Gasteiger partial charge on any atom is 0.269 e. The fraction of sp³-hybridized carbons (Fsp3) is 0.333. The molecule has 1 aliphatic heterocycles. The molecule has 146 valence electrons. The van der Waals surface area contributed by atoms with E-state index in [1.807, 2.05) is 37.3 Å². The van der Waals surface area contributed by atoms with Gasteiger partial charge in [-0.25, -0.2) is 0 Å². The highest BCUT2D eigenvalue weighted by atomic mass is 16.2. The number of nitrogens with one attached hydrogen (secondary N) is 2. The van der Waals surface area contributed by atoms with Crippen molar-refractivity contribution >= 4 is 17.7 Å². The number of carbonyl (C=O) groups excluding carboxylic acids is 3. The van der Waals surface area contributed by atoms with E-state index in [1.54, 1.807) is 29.3 Å². The van der Waals surface area contributed by atoms with Gasteiger partial charge in [-0.2, -0.15) is 0 Å². The molecule has 0 saturated carbocycles. The van der Waals surface area contributed by atoms with Crippen LogP contribution in [0.3, 0.4) is 0 Å². The average Bonchev–Trinajstić information content (AvgIpc) is 3.13. The molecule has 3 rings (SSSR count). The number of amides is 3. The molecule has 1 fully saturated rings. The summed E-state index contributed by atoms with van der Waals surface area (Å²) < 4.78 is 0. The van der Waals surface area contributed by atoms with E-state index in [9.17, 15) is 14.4 Å². The van der Waals surface area contributed by atoms with E-state index < -0.39 is 0 Å². The lowest BCUT2D eigenvalue weighted by molar-refractivity contribution is -0.130. The molecule has 3 amide bonds. The van der Waals surface area contributed by atoms with E-state index in [0.717, 1.165) is 5.56 Å². The molecule has 28 heavy (non-hydrogen) atoms. The first-order chi connectivity index (χ1) is 13.6. The van der Waals surface area contributed by atoms with Gasteiger partial charge in [0, 0.05) is 32.3 Å². The molecule has 0 spiro atoms.